The molecule has 0 spiro atoms. The second-order valence-corrected chi connectivity index (χ2v) is 14.4. The highest BCUT2D eigenvalue weighted by atomic mass is 19.1. The van der Waals surface area contributed by atoms with Gasteiger partial charge in [0.05, 0.1) is 12.5 Å². The van der Waals surface area contributed by atoms with Gasteiger partial charge in [0.2, 0.25) is 5.91 Å². The molecule has 5 rings (SSSR count). The molecule has 3 N–H and O–H groups in total. The Kier molecular flexibility index (Phi) is 11.6. The predicted octanol–water partition coefficient (Wildman–Crippen LogP) is 6.21. The second kappa shape index (κ2) is 15.7. The zero-order chi connectivity index (χ0) is 36.3. The molecule has 268 valence electrons. The van der Waals surface area contributed by atoms with Crippen molar-refractivity contribution in [1.82, 2.24) is 20.1 Å². The Morgan fingerprint density at radius 2 is 1.58 bits per heavy atom. The zero-order valence-electron chi connectivity index (χ0n) is 29.5. The lowest BCUT2D eigenvalue weighted by atomic mass is 9.90. The van der Waals surface area contributed by atoms with Gasteiger partial charge in [0, 0.05) is 36.9 Å². The SMILES string of the molecule is Cc1cc(-c2c(C)cc(F)cc2C)cc([C@H](CC(=O)O)NC(=O)[C@H](CC(C)C)NC(=O)c2cccn(CCN3C4CCCC3CC4)c2=O)c1F. The average Bonchev–Trinajstić information content (AvgIpc) is 3.24. The van der Waals surface area contributed by atoms with E-state index in [9.17, 15) is 28.7 Å². The monoisotopic (exact) mass is 690 g/mol. The Labute approximate surface area is 292 Å². The normalized spacial score (nSPS) is 18.6. The molecule has 4 atom stereocenters. The van der Waals surface area contributed by atoms with Gasteiger partial charge in [-0.15, -0.1) is 0 Å². The van der Waals surface area contributed by atoms with E-state index >= 15 is 4.39 Å². The second-order valence-electron chi connectivity index (χ2n) is 14.4. The van der Waals surface area contributed by atoms with Crippen LogP contribution in [-0.4, -0.2) is 57.0 Å². The van der Waals surface area contributed by atoms with Crippen molar-refractivity contribution >= 4 is 17.8 Å². The highest BCUT2D eigenvalue weighted by molar-refractivity contribution is 5.97. The summed E-state index contributed by atoms with van der Waals surface area (Å²) in [7, 11) is 0. The van der Waals surface area contributed by atoms with Crippen molar-refractivity contribution in [3.05, 3.63) is 92.4 Å². The van der Waals surface area contributed by atoms with E-state index in [1.807, 2.05) is 13.8 Å². The van der Waals surface area contributed by atoms with Gasteiger partial charge >= 0.3 is 5.97 Å². The van der Waals surface area contributed by atoms with Gasteiger partial charge in [0.25, 0.3) is 11.5 Å². The number of fused-ring (bicyclic) bond motifs is 2. The molecular formula is C39H48F2N4O5. The summed E-state index contributed by atoms with van der Waals surface area (Å²) in [5, 5.41) is 15.2. The number of nitrogens with one attached hydrogen (secondary N) is 2. The highest BCUT2D eigenvalue weighted by Crippen LogP contribution is 2.36. The summed E-state index contributed by atoms with van der Waals surface area (Å²) >= 11 is 0. The van der Waals surface area contributed by atoms with Gasteiger partial charge < -0.3 is 20.3 Å². The fraction of sp³-hybridized carbons (Fsp3) is 0.487. The van der Waals surface area contributed by atoms with Crippen LogP contribution in [0.25, 0.3) is 11.1 Å². The minimum atomic E-state index is -1.29. The maximum Gasteiger partial charge on any atom is 0.305 e. The number of halogens is 2. The number of amides is 2. The highest BCUT2D eigenvalue weighted by Gasteiger charge is 2.36. The number of aliphatic carboxylic acids is 1. The van der Waals surface area contributed by atoms with Crippen LogP contribution in [-0.2, 0) is 16.1 Å². The van der Waals surface area contributed by atoms with Gasteiger partial charge in [-0.2, -0.15) is 0 Å². The topological polar surface area (TPSA) is 121 Å². The van der Waals surface area contributed by atoms with E-state index in [2.05, 4.69) is 15.5 Å². The summed E-state index contributed by atoms with van der Waals surface area (Å²) in [5.41, 5.74) is 2.11. The number of carboxylic acid groups (broad SMARTS) is 1. The Morgan fingerprint density at radius 3 is 2.20 bits per heavy atom. The van der Waals surface area contributed by atoms with Crippen molar-refractivity contribution < 1.29 is 28.3 Å². The van der Waals surface area contributed by atoms with Gasteiger partial charge in [-0.3, -0.25) is 24.1 Å². The molecule has 0 saturated carbocycles. The third-order valence-corrected chi connectivity index (χ3v) is 10.2. The largest absolute Gasteiger partial charge is 0.481 e. The molecule has 11 heteroatoms. The summed E-state index contributed by atoms with van der Waals surface area (Å²) in [4.78, 5) is 55.3. The van der Waals surface area contributed by atoms with Crippen LogP contribution in [0.2, 0.25) is 0 Å². The molecule has 2 saturated heterocycles. The van der Waals surface area contributed by atoms with Crippen molar-refractivity contribution in [3.8, 4) is 11.1 Å². The van der Waals surface area contributed by atoms with Crippen LogP contribution in [0.15, 0.2) is 47.4 Å². The number of aryl methyl sites for hydroxylation is 3. The Hall–Kier alpha value is -4.38. The molecule has 2 fully saturated rings. The zero-order valence-corrected chi connectivity index (χ0v) is 29.5. The number of benzene rings is 2. The minimum Gasteiger partial charge on any atom is -0.481 e. The standard InChI is InChI=1S/C39H48F2N4O5/c1-22(2)16-33(43-37(48)30-10-7-13-44(39(30)50)14-15-45-28-8-6-9-29(45)12-11-28)38(49)42-32(21-34(46)47)31-20-26(17-25(5)36(31)41)35-23(3)18-27(40)19-24(35)4/h7,10,13,17-20,22,28-29,32-33H,6,8-9,11-12,14-16,21H2,1-5H3,(H,42,49)(H,43,48)(H,46,47)/t28?,29?,32-,33-/m0/s1. The number of hydrogen-bond donors (Lipinski definition) is 3. The van der Waals surface area contributed by atoms with Gasteiger partial charge in [0.1, 0.15) is 23.2 Å². The number of carbonyl (C=O) groups is 3. The fourth-order valence-corrected chi connectivity index (χ4v) is 7.88. The van der Waals surface area contributed by atoms with E-state index in [0.29, 0.717) is 40.9 Å². The number of pyridine rings is 1. The predicted molar refractivity (Wildman–Crippen MR) is 188 cm³/mol. The van der Waals surface area contributed by atoms with Gasteiger partial charge in [0.15, 0.2) is 0 Å². The lowest BCUT2D eigenvalue weighted by Gasteiger charge is -2.34. The summed E-state index contributed by atoms with van der Waals surface area (Å²) in [5.74, 6) is -3.84. The molecule has 3 aromatic rings. The number of aromatic nitrogens is 1. The van der Waals surface area contributed by atoms with Gasteiger partial charge in [-0.05, 0) is 123 Å². The first-order valence-electron chi connectivity index (χ1n) is 17.6. The minimum absolute atomic E-state index is 0.0402. The molecule has 3 heterocycles. The van der Waals surface area contributed by atoms with Crippen LogP contribution in [0, 0.1) is 38.3 Å². The summed E-state index contributed by atoms with van der Waals surface area (Å²) < 4.78 is 31.4. The lowest BCUT2D eigenvalue weighted by Crippen LogP contribution is -2.49. The number of carbonyl (C=O) groups excluding carboxylic acids is 2. The first-order chi connectivity index (χ1) is 23.7. The molecule has 50 heavy (non-hydrogen) atoms. The third-order valence-electron chi connectivity index (χ3n) is 10.2. The molecule has 0 aliphatic carbocycles. The van der Waals surface area contributed by atoms with Crippen molar-refractivity contribution in [3.63, 3.8) is 0 Å². The van der Waals surface area contributed by atoms with E-state index < -0.39 is 53.5 Å². The van der Waals surface area contributed by atoms with Crippen molar-refractivity contribution in [2.24, 2.45) is 5.92 Å². The van der Waals surface area contributed by atoms with Crippen molar-refractivity contribution in [2.45, 2.75) is 110 Å². The van der Waals surface area contributed by atoms with E-state index in [1.165, 1.54) is 60.9 Å². The molecule has 2 aliphatic rings. The first-order valence-corrected chi connectivity index (χ1v) is 17.6. The molecule has 2 aromatic carbocycles. The van der Waals surface area contributed by atoms with Crippen molar-refractivity contribution in [2.75, 3.05) is 6.54 Å². The summed E-state index contributed by atoms with van der Waals surface area (Å²) in [6, 6.07) is 7.59. The summed E-state index contributed by atoms with van der Waals surface area (Å²) in [6.07, 6.45) is 7.17. The molecule has 2 aliphatic heterocycles. The third kappa shape index (κ3) is 8.31. The van der Waals surface area contributed by atoms with Crippen LogP contribution in [0.1, 0.15) is 97.4 Å². The van der Waals surface area contributed by atoms with Crippen molar-refractivity contribution in [1.29, 1.82) is 0 Å². The molecule has 0 radical (unpaired) electrons. The number of piperidine rings is 1. The molecular weight excluding hydrogens is 642 g/mol. The lowest BCUT2D eigenvalue weighted by molar-refractivity contribution is -0.137. The maximum atomic E-state index is 15.8. The first kappa shape index (κ1) is 36.9. The smallest absolute Gasteiger partial charge is 0.305 e. The molecule has 2 amide bonds. The quantitative estimate of drug-likeness (QED) is 0.196. The number of hydrogen-bond acceptors (Lipinski definition) is 5. The van der Waals surface area contributed by atoms with E-state index in [1.54, 1.807) is 39.1 Å². The molecule has 2 unspecified atom stereocenters. The number of rotatable bonds is 13. The van der Waals surface area contributed by atoms with Gasteiger partial charge in [-0.25, -0.2) is 8.78 Å². The molecule has 1 aromatic heterocycles. The summed E-state index contributed by atoms with van der Waals surface area (Å²) in [6.45, 7) is 9.91. The molecule has 9 nitrogen and oxygen atoms in total. The number of carboxylic acids is 1. The van der Waals surface area contributed by atoms with E-state index in [4.69, 9.17) is 0 Å². The van der Waals surface area contributed by atoms with Gasteiger partial charge in [-0.1, -0.05) is 20.3 Å². The Balaban J connectivity index is 1.37. The number of nitrogens with zero attached hydrogens (tertiary/aromatic N) is 2. The molecule has 2 bridgehead atoms. The Morgan fingerprint density at radius 1 is 0.920 bits per heavy atom. The van der Waals surface area contributed by atoms with Crippen LogP contribution in [0.3, 0.4) is 0 Å². The van der Waals surface area contributed by atoms with Crippen LogP contribution >= 0.6 is 0 Å². The van der Waals surface area contributed by atoms with E-state index in [0.717, 1.165) is 6.54 Å². The van der Waals surface area contributed by atoms with Crippen LogP contribution in [0.5, 0.6) is 0 Å². The van der Waals surface area contributed by atoms with E-state index in [-0.39, 0.29) is 29.0 Å². The average molecular weight is 691 g/mol. The van der Waals surface area contributed by atoms with Crippen LogP contribution < -0.4 is 16.2 Å². The van der Waals surface area contributed by atoms with Crippen LogP contribution in [0.4, 0.5) is 8.78 Å². The maximum absolute atomic E-state index is 15.8. The fourth-order valence-electron chi connectivity index (χ4n) is 7.88. The Bertz CT molecular complexity index is 1780.